The van der Waals surface area contributed by atoms with Gasteiger partial charge >= 0.3 is 0 Å². The molecule has 140 valence electrons. The van der Waals surface area contributed by atoms with Crippen LogP contribution in [-0.4, -0.2) is 41.2 Å². The highest BCUT2D eigenvalue weighted by Crippen LogP contribution is 2.39. The molecule has 3 heterocycles. The van der Waals surface area contributed by atoms with Crippen molar-refractivity contribution >= 4 is 27.4 Å². The summed E-state index contributed by atoms with van der Waals surface area (Å²) in [4.78, 5) is 14.1. The molecule has 5 rings (SSSR count). The van der Waals surface area contributed by atoms with Crippen LogP contribution in [0.2, 0.25) is 0 Å². The van der Waals surface area contributed by atoms with Gasteiger partial charge in [-0.1, -0.05) is 24.3 Å². The van der Waals surface area contributed by atoms with Gasteiger partial charge in [0.25, 0.3) is 0 Å². The number of thiophene rings is 1. The van der Waals surface area contributed by atoms with Crippen LogP contribution in [0.15, 0.2) is 30.6 Å². The highest BCUT2D eigenvalue weighted by Gasteiger charge is 2.21. The van der Waals surface area contributed by atoms with Gasteiger partial charge in [0, 0.05) is 31.1 Å². The first kappa shape index (κ1) is 17.1. The molecule has 0 saturated carbocycles. The number of nitrogens with zero attached hydrogens (tertiary/aromatic N) is 3. The van der Waals surface area contributed by atoms with Gasteiger partial charge in [-0.15, -0.1) is 11.3 Å². The fourth-order valence-corrected chi connectivity index (χ4v) is 5.26. The molecule has 0 spiro atoms. The minimum Gasteiger partial charge on any atom is -0.379 e. The Bertz CT molecular complexity index is 931. The van der Waals surface area contributed by atoms with Gasteiger partial charge in [0.15, 0.2) is 0 Å². The Hall–Kier alpha value is -2.02. The first-order valence-electron chi connectivity index (χ1n) is 9.74. The lowest BCUT2D eigenvalue weighted by molar-refractivity contribution is 0.0342. The second-order valence-electron chi connectivity index (χ2n) is 7.32. The van der Waals surface area contributed by atoms with Gasteiger partial charge in [-0.3, -0.25) is 4.90 Å². The van der Waals surface area contributed by atoms with Gasteiger partial charge in [-0.2, -0.15) is 0 Å². The van der Waals surface area contributed by atoms with Crippen molar-refractivity contribution in [1.82, 2.24) is 14.9 Å². The molecule has 0 radical (unpaired) electrons. The third kappa shape index (κ3) is 3.57. The van der Waals surface area contributed by atoms with Crippen molar-refractivity contribution in [3.05, 3.63) is 52.2 Å². The van der Waals surface area contributed by atoms with Crippen LogP contribution in [0.3, 0.4) is 0 Å². The van der Waals surface area contributed by atoms with Crippen molar-refractivity contribution in [3.63, 3.8) is 0 Å². The van der Waals surface area contributed by atoms with E-state index in [9.17, 15) is 0 Å². The van der Waals surface area contributed by atoms with Crippen molar-refractivity contribution in [3.8, 4) is 0 Å². The molecule has 1 aliphatic carbocycles. The van der Waals surface area contributed by atoms with Gasteiger partial charge in [-0.05, 0) is 36.0 Å². The fourth-order valence-electron chi connectivity index (χ4n) is 4.03. The summed E-state index contributed by atoms with van der Waals surface area (Å²) in [5.41, 5.74) is 4.11. The van der Waals surface area contributed by atoms with Crippen molar-refractivity contribution in [2.45, 2.75) is 32.4 Å². The number of aromatic nitrogens is 2. The first-order valence-corrected chi connectivity index (χ1v) is 10.6. The van der Waals surface area contributed by atoms with E-state index in [1.165, 1.54) is 39.8 Å². The van der Waals surface area contributed by atoms with E-state index >= 15 is 0 Å². The summed E-state index contributed by atoms with van der Waals surface area (Å²) >= 11 is 1.84. The Morgan fingerprint density at radius 3 is 2.70 bits per heavy atom. The van der Waals surface area contributed by atoms with E-state index in [1.807, 2.05) is 11.3 Å². The average molecular weight is 381 g/mol. The van der Waals surface area contributed by atoms with E-state index in [0.29, 0.717) is 0 Å². The monoisotopic (exact) mass is 380 g/mol. The topological polar surface area (TPSA) is 50.3 Å². The lowest BCUT2D eigenvalue weighted by Gasteiger charge is -2.26. The minimum atomic E-state index is 0.786. The number of morpholine rings is 1. The highest BCUT2D eigenvalue weighted by atomic mass is 32.1. The second-order valence-corrected chi connectivity index (χ2v) is 8.40. The number of nitrogens with one attached hydrogen (secondary N) is 1. The van der Waals surface area contributed by atoms with Gasteiger partial charge in [-0.25, -0.2) is 9.97 Å². The number of ether oxygens (including phenoxy) is 1. The molecular formula is C21H24N4OS. The maximum Gasteiger partial charge on any atom is 0.138 e. The maximum atomic E-state index is 5.42. The molecule has 1 N–H and O–H groups in total. The number of anilines is 1. The van der Waals surface area contributed by atoms with Crippen molar-refractivity contribution in [2.24, 2.45) is 0 Å². The molecule has 1 aliphatic heterocycles. The molecule has 0 bridgehead atoms. The van der Waals surface area contributed by atoms with Crippen LogP contribution in [0.1, 0.15) is 28.0 Å². The molecule has 27 heavy (non-hydrogen) atoms. The van der Waals surface area contributed by atoms with Crippen LogP contribution < -0.4 is 5.32 Å². The molecule has 1 aromatic carbocycles. The second kappa shape index (κ2) is 7.54. The molecule has 0 unspecified atom stereocenters. The normalized spacial score (nSPS) is 17.3. The van der Waals surface area contributed by atoms with Gasteiger partial charge in [0.05, 0.1) is 18.6 Å². The number of benzene rings is 1. The van der Waals surface area contributed by atoms with E-state index in [1.54, 1.807) is 6.33 Å². The summed E-state index contributed by atoms with van der Waals surface area (Å²) in [5.74, 6) is 0.983. The maximum absolute atomic E-state index is 5.42. The predicted molar refractivity (Wildman–Crippen MR) is 109 cm³/mol. The van der Waals surface area contributed by atoms with Crippen molar-refractivity contribution < 1.29 is 4.74 Å². The quantitative estimate of drug-likeness (QED) is 0.733. The first-order chi connectivity index (χ1) is 13.4. The molecule has 2 aliphatic rings. The number of aryl methyl sites for hydroxylation is 2. The van der Waals surface area contributed by atoms with E-state index in [-0.39, 0.29) is 0 Å². The van der Waals surface area contributed by atoms with E-state index in [0.717, 1.165) is 56.5 Å². The molecular weight excluding hydrogens is 356 g/mol. The SMILES string of the molecule is c1nc(NCc2ccc(CN3CCOCC3)cc2)c2c3c(sc2n1)CCC3. The molecule has 0 amide bonds. The number of fused-ring (bicyclic) bond motifs is 3. The Balaban J connectivity index is 1.27. The van der Waals surface area contributed by atoms with E-state index < -0.39 is 0 Å². The lowest BCUT2D eigenvalue weighted by atomic mass is 10.1. The minimum absolute atomic E-state index is 0.786. The Morgan fingerprint density at radius 1 is 1.04 bits per heavy atom. The third-order valence-corrected chi connectivity index (χ3v) is 6.69. The zero-order valence-electron chi connectivity index (χ0n) is 15.4. The van der Waals surface area contributed by atoms with Crippen LogP contribution in [0.25, 0.3) is 10.2 Å². The standard InChI is InChI=1S/C21H24N4OS/c1-2-17-18(3-1)27-21-19(17)20(23-14-24-21)22-12-15-4-6-16(7-5-15)13-25-8-10-26-11-9-25/h4-7,14H,1-3,8-13H2,(H,22,23,24). The van der Waals surface area contributed by atoms with E-state index in [2.05, 4.69) is 44.5 Å². The molecule has 5 nitrogen and oxygen atoms in total. The Kier molecular flexibility index (Phi) is 4.78. The zero-order valence-corrected chi connectivity index (χ0v) is 16.2. The van der Waals surface area contributed by atoms with Crippen molar-refractivity contribution in [2.75, 3.05) is 31.6 Å². The molecule has 2 aromatic heterocycles. The Labute approximate surface area is 163 Å². The van der Waals surface area contributed by atoms with E-state index in [4.69, 9.17) is 4.74 Å². The molecule has 0 atom stereocenters. The molecule has 1 fully saturated rings. The average Bonchev–Trinajstić information content (AvgIpc) is 3.29. The third-order valence-electron chi connectivity index (χ3n) is 5.49. The summed E-state index contributed by atoms with van der Waals surface area (Å²) in [7, 11) is 0. The van der Waals surface area contributed by atoms with Gasteiger partial charge in [0.2, 0.25) is 0 Å². The van der Waals surface area contributed by atoms with Gasteiger partial charge < -0.3 is 10.1 Å². The zero-order chi connectivity index (χ0) is 18.1. The molecule has 1 saturated heterocycles. The smallest absolute Gasteiger partial charge is 0.138 e. The van der Waals surface area contributed by atoms with Crippen LogP contribution in [0, 0.1) is 0 Å². The molecule has 3 aromatic rings. The lowest BCUT2D eigenvalue weighted by Crippen LogP contribution is -2.35. The number of hydrogen-bond donors (Lipinski definition) is 1. The predicted octanol–water partition coefficient (Wildman–Crippen LogP) is 3.62. The molecule has 6 heteroatoms. The summed E-state index contributed by atoms with van der Waals surface area (Å²) in [6, 6.07) is 8.92. The largest absolute Gasteiger partial charge is 0.379 e. The summed E-state index contributed by atoms with van der Waals surface area (Å²) in [6.45, 7) is 5.54. The van der Waals surface area contributed by atoms with Crippen LogP contribution in [0.4, 0.5) is 5.82 Å². The summed E-state index contributed by atoms with van der Waals surface area (Å²) in [5, 5.41) is 4.80. The number of rotatable bonds is 5. The fraction of sp³-hybridized carbons (Fsp3) is 0.429. The van der Waals surface area contributed by atoms with Crippen molar-refractivity contribution in [1.29, 1.82) is 0 Å². The summed E-state index contributed by atoms with van der Waals surface area (Å²) < 4.78 is 5.42. The van der Waals surface area contributed by atoms with Crippen LogP contribution in [-0.2, 0) is 30.7 Å². The summed E-state index contributed by atoms with van der Waals surface area (Å²) in [6.07, 6.45) is 5.30. The van der Waals surface area contributed by atoms with Gasteiger partial charge in [0.1, 0.15) is 17.0 Å². The number of hydrogen-bond acceptors (Lipinski definition) is 6. The highest BCUT2D eigenvalue weighted by molar-refractivity contribution is 7.19. The van der Waals surface area contributed by atoms with Crippen LogP contribution >= 0.6 is 11.3 Å². The van der Waals surface area contributed by atoms with Crippen LogP contribution in [0.5, 0.6) is 0 Å². The Morgan fingerprint density at radius 2 is 1.85 bits per heavy atom.